The monoisotopic (exact) mass is 490 g/mol. The zero-order valence-corrected chi connectivity index (χ0v) is 19.9. The Bertz CT molecular complexity index is 1370. The molecule has 2 unspecified atom stereocenters. The van der Waals surface area contributed by atoms with Crippen LogP contribution in [0.5, 0.6) is 11.5 Å². The van der Waals surface area contributed by atoms with Crippen LogP contribution < -0.4 is 9.47 Å². The Morgan fingerprint density at radius 2 is 1.89 bits per heavy atom. The minimum absolute atomic E-state index is 0.105. The van der Waals surface area contributed by atoms with Crippen molar-refractivity contribution in [3.8, 4) is 22.9 Å². The van der Waals surface area contributed by atoms with Crippen LogP contribution in [0.25, 0.3) is 11.4 Å². The second-order valence-electron chi connectivity index (χ2n) is 8.71. The van der Waals surface area contributed by atoms with Crippen molar-refractivity contribution in [3.05, 3.63) is 70.5 Å². The summed E-state index contributed by atoms with van der Waals surface area (Å²) in [5.74, 6) is 1.82. The molecule has 178 valence electrons. The standard InChI is InChI=1S/C25H22N4O5S/c1-14-3-5-17(9-15(14)2)23-26-21(34-27-23)12-28-18-7-8-35-22(18)24(30)29(25(28)31)11-16-4-6-19-20(10-16)33-13-32-19/h3-10,18,22H,11-13H2,1-2H3. The van der Waals surface area contributed by atoms with E-state index >= 15 is 0 Å². The quantitative estimate of drug-likeness (QED) is 0.529. The summed E-state index contributed by atoms with van der Waals surface area (Å²) in [6, 6.07) is 10.6. The summed E-state index contributed by atoms with van der Waals surface area (Å²) < 4.78 is 16.3. The van der Waals surface area contributed by atoms with Crippen molar-refractivity contribution < 1.29 is 23.6 Å². The van der Waals surface area contributed by atoms with Gasteiger partial charge in [0.2, 0.25) is 24.4 Å². The molecule has 0 bridgehead atoms. The first-order chi connectivity index (χ1) is 17.0. The molecular formula is C25H22N4O5S. The number of carbonyl (C=O) groups is 2. The van der Waals surface area contributed by atoms with Crippen molar-refractivity contribution in [2.75, 3.05) is 6.79 Å². The minimum Gasteiger partial charge on any atom is -0.454 e. The van der Waals surface area contributed by atoms with Crippen molar-refractivity contribution >= 4 is 23.7 Å². The number of nitrogens with zero attached hydrogens (tertiary/aromatic N) is 4. The number of thioether (sulfide) groups is 1. The highest BCUT2D eigenvalue weighted by Gasteiger charge is 2.47. The third-order valence-electron chi connectivity index (χ3n) is 6.47. The van der Waals surface area contributed by atoms with Crippen LogP contribution in [0.1, 0.15) is 22.6 Å². The molecule has 1 saturated heterocycles. The van der Waals surface area contributed by atoms with Crippen LogP contribution in [0, 0.1) is 13.8 Å². The first-order valence-electron chi connectivity index (χ1n) is 11.2. The summed E-state index contributed by atoms with van der Waals surface area (Å²) in [5.41, 5.74) is 3.94. The number of hydrogen-bond acceptors (Lipinski definition) is 8. The Balaban J connectivity index is 1.25. The smallest absolute Gasteiger partial charge is 0.328 e. The summed E-state index contributed by atoms with van der Waals surface area (Å²) in [5, 5.41) is 5.57. The van der Waals surface area contributed by atoms with E-state index in [0.29, 0.717) is 23.2 Å². The van der Waals surface area contributed by atoms with Crippen molar-refractivity contribution in [3.63, 3.8) is 0 Å². The van der Waals surface area contributed by atoms with Crippen molar-refractivity contribution in [1.82, 2.24) is 19.9 Å². The Hall–Kier alpha value is -3.79. The fourth-order valence-corrected chi connectivity index (χ4v) is 5.46. The lowest BCUT2D eigenvalue weighted by Crippen LogP contribution is -2.61. The fraction of sp³-hybridized carbons (Fsp3) is 0.280. The molecule has 1 fully saturated rings. The first-order valence-corrected chi connectivity index (χ1v) is 12.1. The van der Waals surface area contributed by atoms with E-state index in [1.165, 1.54) is 22.2 Å². The molecule has 2 aromatic carbocycles. The summed E-state index contributed by atoms with van der Waals surface area (Å²) in [6.45, 7) is 4.47. The molecule has 3 aliphatic heterocycles. The van der Waals surface area contributed by atoms with E-state index in [9.17, 15) is 9.59 Å². The number of urea groups is 1. The van der Waals surface area contributed by atoms with Gasteiger partial charge in [-0.3, -0.25) is 9.69 Å². The molecule has 0 spiro atoms. The highest BCUT2D eigenvalue weighted by molar-refractivity contribution is 8.03. The zero-order valence-electron chi connectivity index (χ0n) is 19.1. The number of fused-ring (bicyclic) bond motifs is 2. The molecule has 0 N–H and O–H groups in total. The number of imide groups is 1. The summed E-state index contributed by atoms with van der Waals surface area (Å²) >= 11 is 1.41. The third-order valence-corrected chi connectivity index (χ3v) is 7.56. The maximum atomic E-state index is 13.5. The largest absolute Gasteiger partial charge is 0.454 e. The van der Waals surface area contributed by atoms with Crippen molar-refractivity contribution in [2.45, 2.75) is 38.2 Å². The Kier molecular flexibility index (Phi) is 5.25. The van der Waals surface area contributed by atoms with E-state index in [0.717, 1.165) is 16.7 Å². The Labute approximate surface area is 205 Å². The number of aromatic nitrogens is 2. The van der Waals surface area contributed by atoms with E-state index in [1.54, 1.807) is 17.0 Å². The summed E-state index contributed by atoms with van der Waals surface area (Å²) in [6.07, 6.45) is 1.88. The van der Waals surface area contributed by atoms with Gasteiger partial charge in [0.15, 0.2) is 11.5 Å². The molecule has 0 radical (unpaired) electrons. The molecule has 10 heteroatoms. The second-order valence-corrected chi connectivity index (χ2v) is 9.76. The zero-order chi connectivity index (χ0) is 24.1. The highest BCUT2D eigenvalue weighted by atomic mass is 32.2. The van der Waals surface area contributed by atoms with Crippen LogP contribution in [0.2, 0.25) is 0 Å². The number of benzene rings is 2. The van der Waals surface area contributed by atoms with Gasteiger partial charge in [0.25, 0.3) is 0 Å². The lowest BCUT2D eigenvalue weighted by Gasteiger charge is -2.40. The van der Waals surface area contributed by atoms with Gasteiger partial charge in [-0.2, -0.15) is 4.98 Å². The molecule has 35 heavy (non-hydrogen) atoms. The molecule has 9 nitrogen and oxygen atoms in total. The molecule has 6 rings (SSSR count). The second kappa shape index (κ2) is 8.46. The number of rotatable bonds is 5. The molecule has 3 amide bonds. The highest BCUT2D eigenvalue weighted by Crippen LogP contribution is 2.37. The summed E-state index contributed by atoms with van der Waals surface area (Å²) in [7, 11) is 0. The predicted octanol–water partition coefficient (Wildman–Crippen LogP) is 4.04. The van der Waals surface area contributed by atoms with Gasteiger partial charge in [0.05, 0.1) is 12.6 Å². The van der Waals surface area contributed by atoms with Crippen LogP contribution in [0.15, 0.2) is 52.4 Å². The van der Waals surface area contributed by atoms with Gasteiger partial charge < -0.3 is 18.9 Å². The number of aryl methyl sites for hydroxylation is 2. The van der Waals surface area contributed by atoms with Gasteiger partial charge in [0, 0.05) is 5.56 Å². The van der Waals surface area contributed by atoms with Crippen LogP contribution in [-0.4, -0.2) is 50.0 Å². The van der Waals surface area contributed by atoms with E-state index < -0.39 is 11.3 Å². The van der Waals surface area contributed by atoms with Gasteiger partial charge >= 0.3 is 6.03 Å². The molecular weight excluding hydrogens is 468 g/mol. The Morgan fingerprint density at radius 3 is 2.74 bits per heavy atom. The molecule has 3 aromatic rings. The maximum absolute atomic E-state index is 13.5. The third kappa shape index (κ3) is 3.83. The van der Waals surface area contributed by atoms with Crippen LogP contribution in [0.3, 0.4) is 0 Å². The molecule has 1 aromatic heterocycles. The number of hydrogen-bond donors (Lipinski definition) is 0. The van der Waals surface area contributed by atoms with E-state index in [-0.39, 0.29) is 31.8 Å². The van der Waals surface area contributed by atoms with Gasteiger partial charge in [-0.25, -0.2) is 4.79 Å². The van der Waals surface area contributed by atoms with Crippen LogP contribution in [0.4, 0.5) is 4.79 Å². The maximum Gasteiger partial charge on any atom is 0.328 e. The molecule has 4 heterocycles. The van der Waals surface area contributed by atoms with Crippen LogP contribution >= 0.6 is 11.8 Å². The lowest BCUT2D eigenvalue weighted by atomic mass is 10.1. The van der Waals surface area contributed by atoms with Gasteiger partial charge in [-0.05, 0) is 54.1 Å². The predicted molar refractivity (Wildman–Crippen MR) is 128 cm³/mol. The number of carbonyl (C=O) groups excluding carboxylic acids is 2. The SMILES string of the molecule is Cc1ccc(-c2noc(CN3C(=O)N(Cc4ccc5c(c4)OCO5)C(=O)C4SC=CC43)n2)cc1C. The average molecular weight is 491 g/mol. The molecule has 0 aliphatic carbocycles. The number of ether oxygens (including phenoxy) is 2. The van der Waals surface area contributed by atoms with Gasteiger partial charge in [-0.1, -0.05) is 29.4 Å². The summed E-state index contributed by atoms with van der Waals surface area (Å²) in [4.78, 5) is 34.2. The lowest BCUT2D eigenvalue weighted by molar-refractivity contribution is -0.132. The van der Waals surface area contributed by atoms with E-state index in [2.05, 4.69) is 10.1 Å². The average Bonchev–Trinajstić information content (AvgIpc) is 3.61. The Morgan fingerprint density at radius 1 is 1.03 bits per heavy atom. The minimum atomic E-state index is -0.413. The number of amides is 3. The van der Waals surface area contributed by atoms with E-state index in [4.69, 9.17) is 14.0 Å². The van der Waals surface area contributed by atoms with Gasteiger partial charge in [-0.15, -0.1) is 11.8 Å². The molecule has 0 saturated carbocycles. The molecule has 2 atom stereocenters. The van der Waals surface area contributed by atoms with Crippen LogP contribution in [-0.2, 0) is 17.9 Å². The fourth-order valence-electron chi connectivity index (χ4n) is 4.40. The van der Waals surface area contributed by atoms with Crippen molar-refractivity contribution in [1.29, 1.82) is 0 Å². The molecule has 3 aliphatic rings. The normalized spacial score (nSPS) is 20.6. The van der Waals surface area contributed by atoms with E-state index in [1.807, 2.05) is 49.6 Å². The van der Waals surface area contributed by atoms with Crippen molar-refractivity contribution in [2.24, 2.45) is 0 Å². The van der Waals surface area contributed by atoms with Gasteiger partial charge in [0.1, 0.15) is 11.8 Å². The topological polar surface area (TPSA) is 98.0 Å². The first kappa shape index (κ1) is 21.7.